The molecule has 9 heteroatoms. The van der Waals surface area contributed by atoms with Crippen LogP contribution in [0.15, 0.2) is 65.1 Å². The van der Waals surface area contributed by atoms with Gasteiger partial charge < -0.3 is 10.1 Å². The lowest BCUT2D eigenvalue weighted by Crippen LogP contribution is -2.32. The maximum Gasteiger partial charge on any atom is 0.353 e. The third-order valence-corrected chi connectivity index (χ3v) is 5.17. The third kappa shape index (κ3) is 5.53. The summed E-state index contributed by atoms with van der Waals surface area (Å²) in [6, 6.07) is 15.0. The van der Waals surface area contributed by atoms with E-state index in [9.17, 15) is 14.4 Å². The van der Waals surface area contributed by atoms with Crippen LogP contribution in [0.2, 0.25) is 5.02 Å². The maximum absolute atomic E-state index is 12.0. The van der Waals surface area contributed by atoms with Gasteiger partial charge in [0.2, 0.25) is 0 Å². The van der Waals surface area contributed by atoms with Crippen LogP contribution in [-0.2, 0) is 9.59 Å². The van der Waals surface area contributed by atoms with Gasteiger partial charge in [-0.25, -0.2) is 10.2 Å². The summed E-state index contributed by atoms with van der Waals surface area (Å²) in [6.45, 7) is 1.73. The molecule has 0 saturated carbocycles. The van der Waals surface area contributed by atoms with Gasteiger partial charge in [0.05, 0.1) is 6.21 Å². The molecule has 0 unspecified atom stereocenters. The van der Waals surface area contributed by atoms with E-state index in [-0.39, 0.29) is 0 Å². The fourth-order valence-electron chi connectivity index (χ4n) is 2.31. The number of hydrogen-bond acceptors (Lipinski definition) is 6. The van der Waals surface area contributed by atoms with Crippen molar-refractivity contribution < 1.29 is 19.1 Å². The summed E-state index contributed by atoms with van der Waals surface area (Å²) < 4.78 is 5.26. The predicted molar refractivity (Wildman–Crippen MR) is 116 cm³/mol. The van der Waals surface area contributed by atoms with Crippen LogP contribution in [0.4, 0.5) is 5.69 Å². The fourth-order valence-corrected chi connectivity index (χ4v) is 3.09. The molecule has 30 heavy (non-hydrogen) atoms. The van der Waals surface area contributed by atoms with Crippen LogP contribution in [0.3, 0.4) is 0 Å². The molecule has 0 saturated heterocycles. The number of esters is 1. The number of rotatable bonds is 5. The Balaban J connectivity index is 1.52. The number of halogens is 1. The maximum atomic E-state index is 12.0. The van der Waals surface area contributed by atoms with E-state index < -0.39 is 17.8 Å². The van der Waals surface area contributed by atoms with Crippen molar-refractivity contribution in [2.75, 3.05) is 5.32 Å². The van der Waals surface area contributed by atoms with Gasteiger partial charge in [0.25, 0.3) is 0 Å². The first-order valence-corrected chi connectivity index (χ1v) is 9.95. The zero-order valence-corrected chi connectivity index (χ0v) is 17.3. The van der Waals surface area contributed by atoms with Crippen LogP contribution in [0, 0.1) is 6.92 Å². The van der Waals surface area contributed by atoms with Gasteiger partial charge in [-0.2, -0.15) is 5.10 Å². The molecule has 7 nitrogen and oxygen atoms in total. The molecule has 2 amide bonds. The number of ether oxygens (including phenoxy) is 1. The molecule has 1 aromatic heterocycles. The second-order valence-corrected chi connectivity index (χ2v) is 7.36. The molecule has 1 heterocycles. The molecule has 0 spiro atoms. The minimum Gasteiger partial charge on any atom is -0.422 e. The van der Waals surface area contributed by atoms with Crippen LogP contribution < -0.4 is 15.5 Å². The summed E-state index contributed by atoms with van der Waals surface area (Å²) >= 11 is 7.29. The number of hydrazone groups is 1. The highest BCUT2D eigenvalue weighted by Crippen LogP contribution is 2.22. The van der Waals surface area contributed by atoms with Gasteiger partial charge >= 0.3 is 17.8 Å². The van der Waals surface area contributed by atoms with Crippen LogP contribution in [0.1, 0.15) is 20.8 Å². The van der Waals surface area contributed by atoms with Crippen molar-refractivity contribution in [3.05, 3.63) is 81.0 Å². The summed E-state index contributed by atoms with van der Waals surface area (Å²) in [5.74, 6) is -1.84. The van der Waals surface area contributed by atoms with Gasteiger partial charge in [-0.05, 0) is 65.9 Å². The molecular weight excluding hydrogens is 426 g/mol. The Labute approximate surface area is 181 Å². The van der Waals surface area contributed by atoms with E-state index in [2.05, 4.69) is 15.8 Å². The summed E-state index contributed by atoms with van der Waals surface area (Å²) in [5, 5.41) is 8.51. The molecule has 0 atom stereocenters. The Hall–Kier alpha value is -3.49. The number of thiophene rings is 1. The van der Waals surface area contributed by atoms with Gasteiger partial charge in [0.1, 0.15) is 10.6 Å². The SMILES string of the molecule is Cc1c(Cl)cccc1NC(=O)C(=O)N/N=C\c1ccc(OC(=O)c2cccs2)cc1. The molecule has 0 bridgehead atoms. The van der Waals surface area contributed by atoms with Crippen LogP contribution >= 0.6 is 22.9 Å². The fraction of sp³-hybridized carbons (Fsp3) is 0.0476. The van der Waals surface area contributed by atoms with Crippen molar-refractivity contribution in [3.63, 3.8) is 0 Å². The van der Waals surface area contributed by atoms with Crippen molar-refractivity contribution in [2.45, 2.75) is 6.92 Å². The van der Waals surface area contributed by atoms with Crippen molar-refractivity contribution in [1.29, 1.82) is 0 Å². The Morgan fingerprint density at radius 3 is 2.50 bits per heavy atom. The van der Waals surface area contributed by atoms with Crippen LogP contribution in [0.5, 0.6) is 5.75 Å². The van der Waals surface area contributed by atoms with E-state index in [1.54, 1.807) is 66.9 Å². The van der Waals surface area contributed by atoms with Crippen molar-refractivity contribution >= 4 is 52.6 Å². The molecule has 0 aliphatic rings. The van der Waals surface area contributed by atoms with E-state index in [1.165, 1.54) is 17.6 Å². The first kappa shape index (κ1) is 21.2. The normalized spacial score (nSPS) is 10.6. The van der Waals surface area contributed by atoms with Gasteiger partial charge in [-0.1, -0.05) is 23.7 Å². The summed E-state index contributed by atoms with van der Waals surface area (Å²) in [7, 11) is 0. The predicted octanol–water partition coefficient (Wildman–Crippen LogP) is 4.02. The van der Waals surface area contributed by atoms with Crippen LogP contribution in [0.25, 0.3) is 0 Å². The summed E-state index contributed by atoms with van der Waals surface area (Å²) in [5.41, 5.74) is 3.89. The van der Waals surface area contributed by atoms with E-state index in [1.807, 2.05) is 0 Å². The first-order chi connectivity index (χ1) is 14.4. The smallest absolute Gasteiger partial charge is 0.353 e. The zero-order chi connectivity index (χ0) is 21.5. The first-order valence-electron chi connectivity index (χ1n) is 8.69. The van der Waals surface area contributed by atoms with E-state index >= 15 is 0 Å². The van der Waals surface area contributed by atoms with E-state index in [0.717, 1.165) is 0 Å². The number of carbonyl (C=O) groups excluding carboxylic acids is 3. The lowest BCUT2D eigenvalue weighted by atomic mass is 10.2. The Morgan fingerprint density at radius 1 is 1.03 bits per heavy atom. The van der Waals surface area contributed by atoms with Crippen molar-refractivity contribution in [1.82, 2.24) is 5.43 Å². The monoisotopic (exact) mass is 441 g/mol. The number of carbonyl (C=O) groups is 3. The lowest BCUT2D eigenvalue weighted by Gasteiger charge is -2.08. The van der Waals surface area contributed by atoms with Crippen LogP contribution in [-0.4, -0.2) is 24.0 Å². The molecule has 3 rings (SSSR count). The molecular formula is C21H16ClN3O4S. The number of nitrogens with zero attached hydrogens (tertiary/aromatic N) is 1. The van der Waals surface area contributed by atoms with Gasteiger partial charge in [0.15, 0.2) is 0 Å². The number of amides is 2. The molecule has 0 aliphatic carbocycles. The second kappa shape index (κ2) is 9.82. The number of anilines is 1. The third-order valence-electron chi connectivity index (χ3n) is 3.91. The molecule has 2 N–H and O–H groups in total. The number of hydrogen-bond donors (Lipinski definition) is 2. The minimum atomic E-state index is -0.924. The average molecular weight is 442 g/mol. The Kier molecular flexibility index (Phi) is 6.95. The highest BCUT2D eigenvalue weighted by atomic mass is 35.5. The highest BCUT2D eigenvalue weighted by Gasteiger charge is 2.14. The number of nitrogens with one attached hydrogen (secondary N) is 2. The van der Waals surface area contributed by atoms with E-state index in [0.29, 0.717) is 32.5 Å². The topological polar surface area (TPSA) is 96.9 Å². The lowest BCUT2D eigenvalue weighted by molar-refractivity contribution is -0.136. The molecule has 3 aromatic rings. The van der Waals surface area contributed by atoms with Gasteiger partial charge in [0, 0.05) is 10.7 Å². The van der Waals surface area contributed by atoms with Crippen molar-refractivity contribution in [2.24, 2.45) is 5.10 Å². The molecule has 0 aliphatic heterocycles. The molecule has 2 aromatic carbocycles. The summed E-state index contributed by atoms with van der Waals surface area (Å²) in [4.78, 5) is 36.3. The quantitative estimate of drug-likeness (QED) is 0.205. The average Bonchev–Trinajstić information content (AvgIpc) is 3.27. The van der Waals surface area contributed by atoms with Gasteiger partial charge in [-0.15, -0.1) is 11.3 Å². The molecule has 0 radical (unpaired) electrons. The van der Waals surface area contributed by atoms with Gasteiger partial charge in [-0.3, -0.25) is 9.59 Å². The standard InChI is InChI=1S/C21H16ClN3O4S/c1-13-16(22)4-2-5-17(13)24-19(26)20(27)25-23-12-14-7-9-15(10-8-14)29-21(28)18-6-3-11-30-18/h2-12H,1H3,(H,24,26)(H,25,27)/b23-12-. The van der Waals surface area contributed by atoms with E-state index in [4.69, 9.17) is 16.3 Å². The zero-order valence-electron chi connectivity index (χ0n) is 15.7. The Bertz CT molecular complexity index is 1100. The minimum absolute atomic E-state index is 0.380. The summed E-state index contributed by atoms with van der Waals surface area (Å²) in [6.07, 6.45) is 1.36. The second-order valence-electron chi connectivity index (χ2n) is 6.00. The van der Waals surface area contributed by atoms with Crippen molar-refractivity contribution in [3.8, 4) is 5.75 Å². The number of benzene rings is 2. The largest absolute Gasteiger partial charge is 0.422 e. The molecule has 152 valence electrons. The Morgan fingerprint density at radius 2 is 1.80 bits per heavy atom. The highest BCUT2D eigenvalue weighted by molar-refractivity contribution is 7.12. The molecule has 0 fully saturated rings.